The second-order valence-corrected chi connectivity index (χ2v) is 6.98. The molecule has 6 rings (SSSR count). The third-order valence-corrected chi connectivity index (χ3v) is 5.56. The van der Waals surface area contributed by atoms with Gasteiger partial charge in [0.25, 0.3) is 11.8 Å². The highest BCUT2D eigenvalue weighted by Crippen LogP contribution is 2.43. The highest BCUT2D eigenvalue weighted by atomic mass is 16.2. The zero-order chi connectivity index (χ0) is 18.1. The topological polar surface area (TPSA) is 46.2 Å². The van der Waals surface area contributed by atoms with E-state index in [0.29, 0.717) is 5.57 Å². The molecule has 0 radical (unpaired) electrons. The minimum absolute atomic E-state index is 0.334. The van der Waals surface area contributed by atoms with Crippen LogP contribution in [-0.2, 0) is 9.59 Å². The number of fused-ring (bicyclic) bond motifs is 2. The Morgan fingerprint density at radius 2 is 1.22 bits per heavy atom. The standard InChI is InChI=1S/C24H13NO2/c26-20-12-19(24(27)25-20)17-11-10-14-6-2-8-16-15-7-1-4-13-5-3-9-18(21(13)15)23(17)22(14)16/h1-12H,(H,25,26,27). The summed E-state index contributed by atoms with van der Waals surface area (Å²) < 4.78 is 0. The molecule has 126 valence electrons. The molecule has 27 heavy (non-hydrogen) atoms. The Morgan fingerprint density at radius 1 is 0.593 bits per heavy atom. The molecule has 1 N–H and O–H groups in total. The molecule has 0 saturated heterocycles. The Labute approximate surface area is 154 Å². The van der Waals surface area contributed by atoms with Gasteiger partial charge < -0.3 is 0 Å². The zero-order valence-corrected chi connectivity index (χ0v) is 14.2. The van der Waals surface area contributed by atoms with Gasteiger partial charge >= 0.3 is 0 Å². The number of benzene rings is 5. The van der Waals surface area contributed by atoms with Gasteiger partial charge in [0.15, 0.2) is 0 Å². The van der Waals surface area contributed by atoms with Crippen LogP contribution in [0.5, 0.6) is 0 Å². The van der Waals surface area contributed by atoms with E-state index in [1.807, 2.05) is 18.2 Å². The molecule has 3 heteroatoms. The molecule has 0 bridgehead atoms. The first-order chi connectivity index (χ1) is 13.2. The van der Waals surface area contributed by atoms with E-state index in [1.54, 1.807) is 0 Å². The maximum absolute atomic E-state index is 12.4. The van der Waals surface area contributed by atoms with Crippen LogP contribution in [0, 0.1) is 0 Å². The highest BCUT2D eigenvalue weighted by Gasteiger charge is 2.25. The van der Waals surface area contributed by atoms with Crippen LogP contribution in [-0.4, -0.2) is 11.8 Å². The third-order valence-electron chi connectivity index (χ3n) is 5.56. The maximum atomic E-state index is 12.4. The summed E-state index contributed by atoms with van der Waals surface area (Å²) in [7, 11) is 0. The van der Waals surface area contributed by atoms with Crippen molar-refractivity contribution in [3.05, 3.63) is 78.4 Å². The van der Waals surface area contributed by atoms with Gasteiger partial charge in [0.2, 0.25) is 0 Å². The van der Waals surface area contributed by atoms with Gasteiger partial charge in [0.1, 0.15) is 0 Å². The van der Waals surface area contributed by atoms with Gasteiger partial charge in [-0.05, 0) is 48.7 Å². The van der Waals surface area contributed by atoms with Crippen molar-refractivity contribution in [2.45, 2.75) is 0 Å². The number of rotatable bonds is 1. The normalized spacial score (nSPS) is 14.6. The molecule has 1 heterocycles. The number of carbonyl (C=O) groups is 2. The van der Waals surface area contributed by atoms with Crippen LogP contribution < -0.4 is 5.32 Å². The van der Waals surface area contributed by atoms with Crippen molar-refractivity contribution in [3.8, 4) is 0 Å². The number of hydrogen-bond acceptors (Lipinski definition) is 2. The summed E-state index contributed by atoms with van der Waals surface area (Å²) in [4.78, 5) is 24.1. The third kappa shape index (κ3) is 1.80. The number of nitrogens with one attached hydrogen (secondary N) is 1. The monoisotopic (exact) mass is 347 g/mol. The van der Waals surface area contributed by atoms with Crippen molar-refractivity contribution in [2.24, 2.45) is 0 Å². The van der Waals surface area contributed by atoms with E-state index < -0.39 is 0 Å². The van der Waals surface area contributed by atoms with Crippen LogP contribution >= 0.6 is 0 Å². The van der Waals surface area contributed by atoms with E-state index in [9.17, 15) is 9.59 Å². The Balaban J connectivity index is 1.95. The smallest absolute Gasteiger partial charge is 0.258 e. The molecule has 3 nitrogen and oxygen atoms in total. The van der Waals surface area contributed by atoms with Crippen molar-refractivity contribution in [2.75, 3.05) is 0 Å². The molecule has 0 saturated carbocycles. The second kappa shape index (κ2) is 4.92. The SMILES string of the molecule is O=C1C=C(c2ccc3cccc4c5cccc6cccc(c2c34)c65)C(=O)N1. The Hall–Kier alpha value is -3.72. The molecule has 5 aromatic rings. The van der Waals surface area contributed by atoms with Crippen LogP contribution in [0.2, 0.25) is 0 Å². The molecular weight excluding hydrogens is 334 g/mol. The predicted molar refractivity (Wildman–Crippen MR) is 109 cm³/mol. The summed E-state index contributed by atoms with van der Waals surface area (Å²) in [6.07, 6.45) is 1.41. The zero-order valence-electron chi connectivity index (χ0n) is 14.2. The van der Waals surface area contributed by atoms with Crippen molar-refractivity contribution < 1.29 is 9.59 Å². The van der Waals surface area contributed by atoms with Gasteiger partial charge in [-0.3, -0.25) is 14.9 Å². The second-order valence-electron chi connectivity index (χ2n) is 6.98. The predicted octanol–water partition coefficient (Wildman–Crippen LogP) is 4.78. The van der Waals surface area contributed by atoms with Crippen LogP contribution in [0.25, 0.3) is 48.7 Å². The van der Waals surface area contributed by atoms with E-state index in [0.717, 1.165) is 27.1 Å². The van der Waals surface area contributed by atoms with E-state index in [1.165, 1.54) is 27.6 Å². The molecular formula is C24H13NO2. The lowest BCUT2D eigenvalue weighted by Crippen LogP contribution is -2.21. The lowest BCUT2D eigenvalue weighted by molar-refractivity contribution is -0.123. The Morgan fingerprint density at radius 3 is 1.89 bits per heavy atom. The molecule has 5 aromatic carbocycles. The van der Waals surface area contributed by atoms with Crippen LogP contribution in [0.15, 0.2) is 72.8 Å². The van der Waals surface area contributed by atoms with Gasteiger partial charge in [0.05, 0.1) is 5.57 Å². The fraction of sp³-hybridized carbons (Fsp3) is 0. The molecule has 0 fully saturated rings. The quantitative estimate of drug-likeness (QED) is 0.269. The minimum Gasteiger partial charge on any atom is -0.289 e. The van der Waals surface area contributed by atoms with E-state index in [2.05, 4.69) is 53.8 Å². The summed E-state index contributed by atoms with van der Waals surface area (Å²) >= 11 is 0. The van der Waals surface area contributed by atoms with Crippen LogP contribution in [0.4, 0.5) is 0 Å². The number of imide groups is 1. The number of amides is 2. The van der Waals surface area contributed by atoms with Crippen LogP contribution in [0.3, 0.4) is 0 Å². The lowest BCUT2D eigenvalue weighted by Gasteiger charge is -2.17. The molecule has 1 aliphatic heterocycles. The van der Waals surface area contributed by atoms with E-state index in [-0.39, 0.29) is 11.8 Å². The fourth-order valence-corrected chi connectivity index (χ4v) is 4.49. The number of carbonyl (C=O) groups excluding carboxylic acids is 2. The van der Waals surface area contributed by atoms with E-state index >= 15 is 0 Å². The fourth-order valence-electron chi connectivity index (χ4n) is 4.49. The Kier molecular flexibility index (Phi) is 2.63. The highest BCUT2D eigenvalue weighted by molar-refractivity contribution is 6.40. The first kappa shape index (κ1) is 14.4. The molecule has 0 spiro atoms. The summed E-state index contributed by atoms with van der Waals surface area (Å²) in [5.74, 6) is -0.691. The average molecular weight is 347 g/mol. The minimum atomic E-state index is -0.356. The first-order valence-corrected chi connectivity index (χ1v) is 8.88. The van der Waals surface area contributed by atoms with Crippen molar-refractivity contribution in [1.29, 1.82) is 0 Å². The van der Waals surface area contributed by atoms with Crippen LogP contribution in [0.1, 0.15) is 5.56 Å². The molecule has 0 aromatic heterocycles. The van der Waals surface area contributed by atoms with Gasteiger partial charge in [-0.1, -0.05) is 66.7 Å². The van der Waals surface area contributed by atoms with Gasteiger partial charge in [-0.25, -0.2) is 0 Å². The Bertz CT molecular complexity index is 1470. The summed E-state index contributed by atoms with van der Waals surface area (Å²) in [5, 5.41) is 11.5. The van der Waals surface area contributed by atoms with E-state index in [4.69, 9.17) is 0 Å². The van der Waals surface area contributed by atoms with Gasteiger partial charge in [-0.2, -0.15) is 0 Å². The van der Waals surface area contributed by atoms with Crippen molar-refractivity contribution >= 4 is 60.5 Å². The van der Waals surface area contributed by atoms with Crippen molar-refractivity contribution in [3.63, 3.8) is 0 Å². The summed E-state index contributed by atoms with van der Waals surface area (Å²) in [5.41, 5.74) is 1.24. The van der Waals surface area contributed by atoms with Gasteiger partial charge in [-0.15, -0.1) is 0 Å². The molecule has 0 unspecified atom stereocenters. The van der Waals surface area contributed by atoms with Gasteiger partial charge in [0, 0.05) is 6.08 Å². The first-order valence-electron chi connectivity index (χ1n) is 8.88. The van der Waals surface area contributed by atoms with Crippen molar-refractivity contribution in [1.82, 2.24) is 5.32 Å². The molecule has 2 amide bonds. The average Bonchev–Trinajstić information content (AvgIpc) is 3.03. The lowest BCUT2D eigenvalue weighted by atomic mass is 9.86. The maximum Gasteiger partial charge on any atom is 0.258 e. The summed E-state index contributed by atoms with van der Waals surface area (Å²) in [6, 6.07) is 22.9. The number of hydrogen-bond donors (Lipinski definition) is 1. The molecule has 1 aliphatic rings. The summed E-state index contributed by atoms with van der Waals surface area (Å²) in [6.45, 7) is 0. The largest absolute Gasteiger partial charge is 0.289 e. The molecule has 0 aliphatic carbocycles. The molecule has 0 atom stereocenters.